The number of ether oxygens (including phenoxy) is 4. The van der Waals surface area contributed by atoms with Crippen LogP contribution in [0.5, 0.6) is 0 Å². The average Bonchev–Trinajstić information content (AvgIpc) is 2.98. The lowest BCUT2D eigenvalue weighted by Gasteiger charge is -2.66. The minimum atomic E-state index is -0.278. The Morgan fingerprint density at radius 1 is 1.05 bits per heavy atom. The summed E-state index contributed by atoms with van der Waals surface area (Å²) in [6.07, 6.45) is 13.5. The lowest BCUT2D eigenvalue weighted by atomic mass is 9.42. The smallest absolute Gasteiger partial charge is 0.309 e. The third-order valence-electron chi connectivity index (χ3n) is 11.0. The van der Waals surface area contributed by atoms with Crippen LogP contribution in [0, 0.1) is 34.5 Å². The van der Waals surface area contributed by atoms with E-state index in [2.05, 4.69) is 13.8 Å². The molecule has 5 rings (SSSR count). The van der Waals surface area contributed by atoms with Gasteiger partial charge in [-0.2, -0.15) is 0 Å². The third-order valence-corrected chi connectivity index (χ3v) is 11.0. The summed E-state index contributed by atoms with van der Waals surface area (Å²) in [6.45, 7) is 7.74. The van der Waals surface area contributed by atoms with Crippen LogP contribution < -0.4 is 0 Å². The molecule has 0 aromatic carbocycles. The number of allylic oxidation sites excluding steroid dienone is 2. The van der Waals surface area contributed by atoms with Crippen molar-refractivity contribution in [1.29, 1.82) is 0 Å². The van der Waals surface area contributed by atoms with Gasteiger partial charge in [-0.25, -0.2) is 0 Å². The van der Waals surface area contributed by atoms with E-state index in [1.54, 1.807) is 0 Å². The van der Waals surface area contributed by atoms with Crippen molar-refractivity contribution < 1.29 is 33.3 Å². The Kier molecular flexibility index (Phi) is 6.73. The summed E-state index contributed by atoms with van der Waals surface area (Å²) in [4.78, 5) is 35.7. The summed E-state index contributed by atoms with van der Waals surface area (Å²) in [6, 6.07) is 0. The predicted octanol–water partition coefficient (Wildman–Crippen LogP) is 5.27. The van der Waals surface area contributed by atoms with E-state index in [0.29, 0.717) is 17.8 Å². The van der Waals surface area contributed by atoms with Crippen LogP contribution in [0.25, 0.3) is 0 Å². The molecule has 0 N–H and O–H groups in total. The minimum Gasteiger partial charge on any atom is -0.494 e. The quantitative estimate of drug-likeness (QED) is 0.365. The van der Waals surface area contributed by atoms with E-state index in [1.165, 1.54) is 21.0 Å². The molecule has 1 heterocycles. The maximum Gasteiger partial charge on any atom is 0.309 e. The Hall–Kier alpha value is -2.31. The summed E-state index contributed by atoms with van der Waals surface area (Å²) in [7, 11) is 1.40. The van der Waals surface area contributed by atoms with Gasteiger partial charge in [0.1, 0.15) is 17.8 Å². The number of esters is 3. The first-order chi connectivity index (χ1) is 17.5. The van der Waals surface area contributed by atoms with Crippen molar-refractivity contribution in [2.45, 2.75) is 103 Å². The molecule has 7 nitrogen and oxygen atoms in total. The van der Waals surface area contributed by atoms with Crippen molar-refractivity contribution in [3.63, 3.8) is 0 Å². The zero-order valence-electron chi connectivity index (χ0n) is 22.9. The molecule has 204 valence electrons. The number of hydrogen-bond acceptors (Lipinski definition) is 7. The van der Waals surface area contributed by atoms with Gasteiger partial charge in [-0.15, -0.1) is 0 Å². The molecular weight excluding hydrogens is 472 g/mol. The molecular formula is C30H42O7. The van der Waals surface area contributed by atoms with E-state index in [1.807, 2.05) is 18.4 Å². The van der Waals surface area contributed by atoms with Gasteiger partial charge in [-0.05, 0) is 74.2 Å². The van der Waals surface area contributed by atoms with Crippen molar-refractivity contribution in [2.75, 3.05) is 7.11 Å². The molecule has 0 saturated heterocycles. The number of carbonyl (C=O) groups is 3. The summed E-state index contributed by atoms with van der Waals surface area (Å²) in [5.41, 5.74) is 0.675. The molecule has 2 bridgehead atoms. The third kappa shape index (κ3) is 4.11. The van der Waals surface area contributed by atoms with E-state index < -0.39 is 0 Å². The fourth-order valence-corrected chi connectivity index (χ4v) is 9.49. The molecule has 37 heavy (non-hydrogen) atoms. The highest BCUT2D eigenvalue weighted by molar-refractivity contribution is 5.71. The monoisotopic (exact) mass is 514 g/mol. The van der Waals surface area contributed by atoms with Gasteiger partial charge in [-0.3, -0.25) is 14.4 Å². The van der Waals surface area contributed by atoms with E-state index in [9.17, 15) is 14.4 Å². The second-order valence-corrected chi connectivity index (χ2v) is 12.6. The maximum absolute atomic E-state index is 12.4. The first-order valence-corrected chi connectivity index (χ1v) is 14.0. The van der Waals surface area contributed by atoms with Crippen LogP contribution in [-0.4, -0.2) is 42.8 Å². The molecule has 4 aliphatic carbocycles. The molecule has 1 unspecified atom stereocenters. The molecule has 4 saturated carbocycles. The predicted molar refractivity (Wildman–Crippen MR) is 136 cm³/mol. The molecule has 4 fully saturated rings. The Balaban J connectivity index is 1.48. The van der Waals surface area contributed by atoms with Gasteiger partial charge in [0.15, 0.2) is 0 Å². The highest BCUT2D eigenvalue weighted by Crippen LogP contribution is 2.72. The molecule has 0 spiro atoms. The standard InChI is InChI=1S/C30H42O7/c1-18(31)36-22-11-13-28(3)21(15-22)9-10-24-27(28)25(37-19(2)32)16-29(4)23-12-14-30(24,29)35-17-20(23)7-6-8-26(33)34-5/h6-7,17,21-25,27H,8-16H2,1-5H3/b7-6+/t21-,22+,23?,24-,25-,27-,28+,29-,30+/m1/s1. The summed E-state index contributed by atoms with van der Waals surface area (Å²) in [5.74, 6) is 0.542. The van der Waals surface area contributed by atoms with Crippen LogP contribution in [-0.2, 0) is 33.3 Å². The van der Waals surface area contributed by atoms with Crippen molar-refractivity contribution in [3.8, 4) is 0 Å². The number of hydrogen-bond donors (Lipinski definition) is 0. The number of rotatable bonds is 5. The zero-order valence-corrected chi connectivity index (χ0v) is 22.9. The van der Waals surface area contributed by atoms with E-state index >= 15 is 0 Å². The van der Waals surface area contributed by atoms with E-state index in [-0.39, 0.29) is 58.9 Å². The summed E-state index contributed by atoms with van der Waals surface area (Å²) in [5, 5.41) is 0. The van der Waals surface area contributed by atoms with Crippen LogP contribution in [0.2, 0.25) is 0 Å². The largest absolute Gasteiger partial charge is 0.494 e. The zero-order chi connectivity index (χ0) is 26.6. The molecule has 7 heteroatoms. The molecule has 1 aliphatic heterocycles. The SMILES string of the molecule is COC(=O)C/C=C/C1=CO[C@]23CCC1[C@@]2(C)C[C@@H](OC(C)=O)[C@H]1[C@H]3CC[C@@H]2C[C@@H](OC(C)=O)CC[C@@]21C. The molecule has 0 amide bonds. The Morgan fingerprint density at radius 2 is 1.81 bits per heavy atom. The van der Waals surface area contributed by atoms with Gasteiger partial charge in [-0.1, -0.05) is 26.0 Å². The van der Waals surface area contributed by atoms with E-state index in [0.717, 1.165) is 56.9 Å². The van der Waals surface area contributed by atoms with Gasteiger partial charge in [0, 0.05) is 31.1 Å². The highest BCUT2D eigenvalue weighted by atomic mass is 16.5. The van der Waals surface area contributed by atoms with Crippen LogP contribution in [0.1, 0.15) is 85.5 Å². The lowest BCUT2D eigenvalue weighted by molar-refractivity contribution is -0.254. The normalized spacial score (nSPS) is 44.0. The molecule has 0 aromatic rings. The highest BCUT2D eigenvalue weighted by Gasteiger charge is 2.73. The second kappa shape index (κ2) is 9.46. The van der Waals surface area contributed by atoms with Gasteiger partial charge >= 0.3 is 17.9 Å². The van der Waals surface area contributed by atoms with Crippen LogP contribution in [0.4, 0.5) is 0 Å². The average molecular weight is 515 g/mol. The molecule has 0 radical (unpaired) electrons. The van der Waals surface area contributed by atoms with Crippen LogP contribution >= 0.6 is 0 Å². The second-order valence-electron chi connectivity index (χ2n) is 12.6. The van der Waals surface area contributed by atoms with Crippen LogP contribution in [0.15, 0.2) is 24.0 Å². The van der Waals surface area contributed by atoms with Crippen molar-refractivity contribution >= 4 is 17.9 Å². The molecule has 5 aliphatic rings. The Bertz CT molecular complexity index is 1020. The van der Waals surface area contributed by atoms with Crippen molar-refractivity contribution in [3.05, 3.63) is 24.0 Å². The number of fused-ring (bicyclic) bond motifs is 3. The number of carbonyl (C=O) groups excluding carboxylic acids is 3. The summed E-state index contributed by atoms with van der Waals surface area (Å²) >= 11 is 0. The van der Waals surface area contributed by atoms with Gasteiger partial charge in [0.2, 0.25) is 0 Å². The maximum atomic E-state index is 12.4. The lowest BCUT2D eigenvalue weighted by Crippen LogP contribution is -2.68. The van der Waals surface area contributed by atoms with E-state index in [4.69, 9.17) is 18.9 Å². The topological polar surface area (TPSA) is 88.1 Å². The van der Waals surface area contributed by atoms with Crippen molar-refractivity contribution in [2.24, 2.45) is 34.5 Å². The van der Waals surface area contributed by atoms with Crippen LogP contribution in [0.3, 0.4) is 0 Å². The van der Waals surface area contributed by atoms with Gasteiger partial charge in [0.25, 0.3) is 0 Å². The van der Waals surface area contributed by atoms with Gasteiger partial charge < -0.3 is 18.9 Å². The Morgan fingerprint density at radius 3 is 2.51 bits per heavy atom. The summed E-state index contributed by atoms with van der Waals surface area (Å²) < 4.78 is 23.4. The first-order valence-electron chi connectivity index (χ1n) is 14.0. The minimum absolute atomic E-state index is 0.00160. The van der Waals surface area contributed by atoms with Crippen molar-refractivity contribution in [1.82, 2.24) is 0 Å². The fourth-order valence-electron chi connectivity index (χ4n) is 9.49. The fraction of sp³-hybridized carbons (Fsp3) is 0.767. The van der Waals surface area contributed by atoms with Gasteiger partial charge in [0.05, 0.1) is 19.8 Å². The molecule has 9 atom stereocenters. The Labute approximate surface area is 220 Å². The number of methoxy groups -OCH3 is 1. The first kappa shape index (κ1) is 26.3. The molecule has 0 aromatic heterocycles.